The Morgan fingerprint density at radius 3 is 1.00 bits per heavy atom. The lowest BCUT2D eigenvalue weighted by Gasteiger charge is -2.15. The number of hydrogen-bond donors (Lipinski definition) is 1. The van der Waals surface area contributed by atoms with Crippen LogP contribution in [0.3, 0.4) is 0 Å². The van der Waals surface area contributed by atoms with Crippen LogP contribution < -0.4 is 0 Å². The maximum absolute atomic E-state index is 12.3. The van der Waals surface area contributed by atoms with Crippen LogP contribution >= 0.6 is 0 Å². The summed E-state index contributed by atoms with van der Waals surface area (Å²) < 4.78 is 10.7. The van der Waals surface area contributed by atoms with Crippen LogP contribution in [0.4, 0.5) is 0 Å². The van der Waals surface area contributed by atoms with Crippen molar-refractivity contribution in [1.82, 2.24) is 0 Å². The van der Waals surface area contributed by atoms with Crippen LogP contribution in [-0.4, -0.2) is 36.4 Å². The minimum Gasteiger partial charge on any atom is -0.462 e. The average molecular weight is 903 g/mol. The van der Waals surface area contributed by atoms with E-state index in [0.717, 1.165) is 103 Å². The first-order valence-corrected chi connectivity index (χ1v) is 27.3. The highest BCUT2D eigenvalue weighted by molar-refractivity contribution is 5.70. The summed E-state index contributed by atoms with van der Waals surface area (Å²) in [5, 5.41) is 9.64. The summed E-state index contributed by atoms with van der Waals surface area (Å²) in [4.78, 5) is 24.5. The van der Waals surface area contributed by atoms with Gasteiger partial charge in [-0.1, -0.05) is 259 Å². The number of allylic oxidation sites excluding steroid dienone is 16. The van der Waals surface area contributed by atoms with Crippen molar-refractivity contribution in [2.45, 2.75) is 258 Å². The molecule has 65 heavy (non-hydrogen) atoms. The molecule has 0 heterocycles. The molecule has 372 valence electrons. The number of carbonyl (C=O) groups excluding carboxylic acids is 2. The van der Waals surface area contributed by atoms with E-state index in [2.05, 4.69) is 111 Å². The van der Waals surface area contributed by atoms with Crippen LogP contribution in [0.25, 0.3) is 0 Å². The fourth-order valence-electron chi connectivity index (χ4n) is 7.57. The fraction of sp³-hybridized carbons (Fsp3) is 0.700. The lowest BCUT2D eigenvalue weighted by Crippen LogP contribution is -2.28. The van der Waals surface area contributed by atoms with Crippen LogP contribution in [0.2, 0.25) is 0 Å². The standard InChI is InChI=1S/C60H102O5/c1-3-5-7-9-11-13-15-17-19-21-23-25-27-28-29-30-31-32-33-35-37-39-41-43-45-47-49-51-53-55-60(63)65-58(56-61)57-64-59(62)54-52-50-48-46-44-42-40-38-36-34-26-24-22-20-18-16-14-12-10-8-6-4-2/h5,7,11,13,17,19,23,25,28-29,31-32,35,37,41,43,58,61H,3-4,6,8-10,12,14-16,18,20-22,24,26-27,30,33-34,36,38-40,42,44-57H2,1-2H3/b7-5-,13-11-,19-17-,25-23-,29-28-,32-31-,37-35-,43-41-. The first-order valence-electron chi connectivity index (χ1n) is 27.3. The van der Waals surface area contributed by atoms with E-state index < -0.39 is 6.10 Å². The second kappa shape index (κ2) is 55.1. The highest BCUT2D eigenvalue weighted by Crippen LogP contribution is 2.16. The van der Waals surface area contributed by atoms with Gasteiger partial charge in [0.2, 0.25) is 0 Å². The first kappa shape index (κ1) is 61.8. The van der Waals surface area contributed by atoms with Gasteiger partial charge in [-0.05, 0) is 77.0 Å². The molecule has 1 unspecified atom stereocenters. The molecule has 0 spiro atoms. The molecular weight excluding hydrogens is 801 g/mol. The van der Waals surface area contributed by atoms with Crippen molar-refractivity contribution < 1.29 is 24.2 Å². The number of aliphatic hydroxyl groups is 1. The SMILES string of the molecule is CC/C=C\C/C=C\C/C=C\C/C=C\C/C=C\C/C=C\C/C=C\C/C=C\CCCCCCC(=O)OC(CO)COC(=O)CCCCCCCCCCCCCCCCCCCCCCCC. The van der Waals surface area contributed by atoms with Crippen LogP contribution in [-0.2, 0) is 19.1 Å². The van der Waals surface area contributed by atoms with Crippen molar-refractivity contribution >= 4 is 11.9 Å². The van der Waals surface area contributed by atoms with Crippen molar-refractivity contribution in [3.05, 3.63) is 97.2 Å². The quantitative estimate of drug-likeness (QED) is 0.0374. The molecule has 0 aliphatic rings. The van der Waals surface area contributed by atoms with Gasteiger partial charge in [-0.25, -0.2) is 0 Å². The molecule has 0 bridgehead atoms. The molecule has 0 rings (SSSR count). The van der Waals surface area contributed by atoms with Crippen molar-refractivity contribution in [3.63, 3.8) is 0 Å². The minimum atomic E-state index is -0.791. The Bertz CT molecular complexity index is 1250. The molecule has 1 N–H and O–H groups in total. The zero-order valence-corrected chi connectivity index (χ0v) is 42.5. The van der Waals surface area contributed by atoms with E-state index in [-0.39, 0.29) is 25.2 Å². The summed E-state index contributed by atoms with van der Waals surface area (Å²) >= 11 is 0. The molecule has 0 saturated carbocycles. The third kappa shape index (κ3) is 53.3. The Morgan fingerprint density at radius 2 is 0.662 bits per heavy atom. The summed E-state index contributed by atoms with van der Waals surface area (Å²) in [7, 11) is 0. The predicted molar refractivity (Wildman–Crippen MR) is 283 cm³/mol. The summed E-state index contributed by atoms with van der Waals surface area (Å²) in [6, 6.07) is 0. The van der Waals surface area contributed by atoms with Gasteiger partial charge in [-0.15, -0.1) is 0 Å². The van der Waals surface area contributed by atoms with E-state index in [1.54, 1.807) is 0 Å². The number of ether oxygens (including phenoxy) is 2. The largest absolute Gasteiger partial charge is 0.462 e. The molecule has 0 aromatic rings. The predicted octanol–water partition coefficient (Wildman–Crippen LogP) is 18.4. The second-order valence-electron chi connectivity index (χ2n) is 17.9. The topological polar surface area (TPSA) is 72.8 Å². The van der Waals surface area contributed by atoms with E-state index >= 15 is 0 Å². The minimum absolute atomic E-state index is 0.0790. The van der Waals surface area contributed by atoms with E-state index in [1.807, 2.05) is 0 Å². The number of hydrogen-bond acceptors (Lipinski definition) is 5. The monoisotopic (exact) mass is 903 g/mol. The van der Waals surface area contributed by atoms with Crippen LogP contribution in [0.1, 0.15) is 251 Å². The van der Waals surface area contributed by atoms with Gasteiger partial charge in [0, 0.05) is 12.8 Å². The highest BCUT2D eigenvalue weighted by atomic mass is 16.6. The Kier molecular flexibility index (Phi) is 52.5. The van der Waals surface area contributed by atoms with Crippen molar-refractivity contribution in [1.29, 1.82) is 0 Å². The van der Waals surface area contributed by atoms with Crippen molar-refractivity contribution in [2.24, 2.45) is 0 Å². The van der Waals surface area contributed by atoms with E-state index in [1.165, 1.54) is 122 Å². The highest BCUT2D eigenvalue weighted by Gasteiger charge is 2.16. The zero-order valence-electron chi connectivity index (χ0n) is 42.5. The van der Waals surface area contributed by atoms with Crippen LogP contribution in [0.15, 0.2) is 97.2 Å². The summed E-state index contributed by atoms with van der Waals surface area (Å²) in [5.74, 6) is -0.617. The molecule has 5 heteroatoms. The molecule has 0 aliphatic carbocycles. The van der Waals surface area contributed by atoms with Crippen molar-refractivity contribution in [2.75, 3.05) is 13.2 Å². The smallest absolute Gasteiger partial charge is 0.306 e. The molecule has 1 atom stereocenters. The fourth-order valence-corrected chi connectivity index (χ4v) is 7.57. The molecule has 5 nitrogen and oxygen atoms in total. The number of esters is 2. The molecule has 0 radical (unpaired) electrons. The van der Waals surface area contributed by atoms with Gasteiger partial charge in [-0.3, -0.25) is 9.59 Å². The third-order valence-corrected chi connectivity index (χ3v) is 11.6. The number of aliphatic hydroxyl groups excluding tert-OH is 1. The Hall–Kier alpha value is -3.18. The molecule has 0 amide bonds. The summed E-state index contributed by atoms with van der Waals surface area (Å²) in [6.07, 6.45) is 77.9. The zero-order chi connectivity index (χ0) is 47.0. The third-order valence-electron chi connectivity index (χ3n) is 11.6. The molecule has 0 aliphatic heterocycles. The van der Waals surface area contributed by atoms with Gasteiger partial charge in [0.1, 0.15) is 6.61 Å². The average Bonchev–Trinajstić information content (AvgIpc) is 3.31. The van der Waals surface area contributed by atoms with Crippen LogP contribution in [0, 0.1) is 0 Å². The molecule has 0 fully saturated rings. The van der Waals surface area contributed by atoms with E-state index in [0.29, 0.717) is 12.8 Å². The van der Waals surface area contributed by atoms with Gasteiger partial charge < -0.3 is 14.6 Å². The number of unbranched alkanes of at least 4 members (excludes halogenated alkanes) is 25. The van der Waals surface area contributed by atoms with Gasteiger partial charge in [-0.2, -0.15) is 0 Å². The summed E-state index contributed by atoms with van der Waals surface area (Å²) in [6.45, 7) is 4.03. The number of carbonyl (C=O) groups is 2. The summed E-state index contributed by atoms with van der Waals surface area (Å²) in [5.41, 5.74) is 0. The van der Waals surface area contributed by atoms with Gasteiger partial charge >= 0.3 is 11.9 Å². The Morgan fingerprint density at radius 1 is 0.369 bits per heavy atom. The lowest BCUT2D eigenvalue weighted by molar-refractivity contribution is -0.161. The molecule has 0 aromatic carbocycles. The van der Waals surface area contributed by atoms with Gasteiger partial charge in [0.05, 0.1) is 6.61 Å². The molecule has 0 saturated heterocycles. The Balaban J connectivity index is 3.59. The van der Waals surface area contributed by atoms with Crippen molar-refractivity contribution in [3.8, 4) is 0 Å². The number of rotatable bonds is 49. The normalized spacial score (nSPS) is 13.0. The second-order valence-corrected chi connectivity index (χ2v) is 17.9. The van der Waals surface area contributed by atoms with E-state index in [9.17, 15) is 14.7 Å². The molecule has 0 aromatic heterocycles. The van der Waals surface area contributed by atoms with Gasteiger partial charge in [0.15, 0.2) is 6.10 Å². The maximum atomic E-state index is 12.3. The van der Waals surface area contributed by atoms with E-state index in [4.69, 9.17) is 9.47 Å². The first-order chi connectivity index (χ1) is 32.1. The lowest BCUT2D eigenvalue weighted by atomic mass is 10.0. The van der Waals surface area contributed by atoms with Gasteiger partial charge in [0.25, 0.3) is 0 Å². The molecular formula is C60H102O5. The maximum Gasteiger partial charge on any atom is 0.306 e. The van der Waals surface area contributed by atoms with Crippen LogP contribution in [0.5, 0.6) is 0 Å². The Labute approximate surface area is 402 Å².